The molecule has 2 saturated heterocycles. The zero-order valence-corrected chi connectivity index (χ0v) is 17.2. The van der Waals surface area contributed by atoms with Gasteiger partial charge in [-0.25, -0.2) is 0 Å². The van der Waals surface area contributed by atoms with Gasteiger partial charge < -0.3 is 15.1 Å². The van der Waals surface area contributed by atoms with E-state index in [4.69, 9.17) is 11.6 Å². The molecule has 0 aromatic heterocycles. The molecule has 0 bridgehead atoms. The number of hydrogen-bond donors (Lipinski definition) is 1. The van der Waals surface area contributed by atoms with Crippen molar-refractivity contribution in [3.05, 3.63) is 59.7 Å². The molecule has 2 aromatic carbocycles. The standard InChI is InChI=1S/C23H26ClN3O2/c24-21(17-8-2-1-3-9-17)22(28)25-18-10-11-20(26-12-4-5-13-26)19(16-18)23(29)27-14-6-7-15-27/h1-3,8-11,16,21H,4-7,12-15H2,(H,25,28)/t21-/m0/s1. The number of amides is 2. The molecule has 2 heterocycles. The van der Waals surface area contributed by atoms with Crippen LogP contribution >= 0.6 is 11.6 Å². The lowest BCUT2D eigenvalue weighted by atomic mass is 10.1. The number of likely N-dealkylation sites (tertiary alicyclic amines) is 1. The average Bonchev–Trinajstić information content (AvgIpc) is 3.47. The van der Waals surface area contributed by atoms with E-state index >= 15 is 0 Å². The Morgan fingerprint density at radius 2 is 1.55 bits per heavy atom. The number of nitrogens with one attached hydrogen (secondary N) is 1. The maximum Gasteiger partial charge on any atom is 0.256 e. The van der Waals surface area contributed by atoms with Gasteiger partial charge in [-0.2, -0.15) is 0 Å². The summed E-state index contributed by atoms with van der Waals surface area (Å²) in [7, 11) is 0. The molecule has 0 radical (unpaired) electrons. The van der Waals surface area contributed by atoms with E-state index in [1.165, 1.54) is 0 Å². The van der Waals surface area contributed by atoms with Crippen molar-refractivity contribution in [2.24, 2.45) is 0 Å². The Balaban J connectivity index is 1.58. The first-order chi connectivity index (χ1) is 14.1. The smallest absolute Gasteiger partial charge is 0.256 e. The third-order valence-corrected chi connectivity index (χ3v) is 6.11. The average molecular weight is 412 g/mol. The monoisotopic (exact) mass is 411 g/mol. The number of halogens is 1. The van der Waals surface area contributed by atoms with Crippen LogP contribution in [0.1, 0.15) is 47.0 Å². The molecule has 1 N–H and O–H groups in total. The highest BCUT2D eigenvalue weighted by molar-refractivity contribution is 6.32. The number of nitrogens with zero attached hydrogens (tertiary/aromatic N) is 2. The van der Waals surface area contributed by atoms with Crippen LogP contribution in [0.4, 0.5) is 11.4 Å². The van der Waals surface area contributed by atoms with E-state index in [9.17, 15) is 9.59 Å². The van der Waals surface area contributed by atoms with Gasteiger partial charge in [0, 0.05) is 37.6 Å². The summed E-state index contributed by atoms with van der Waals surface area (Å²) < 4.78 is 0. The molecule has 6 heteroatoms. The fourth-order valence-electron chi connectivity index (χ4n) is 4.09. The minimum absolute atomic E-state index is 0.0472. The number of alkyl halides is 1. The molecule has 5 nitrogen and oxygen atoms in total. The summed E-state index contributed by atoms with van der Waals surface area (Å²) in [6, 6.07) is 14.9. The Morgan fingerprint density at radius 1 is 0.897 bits per heavy atom. The molecule has 2 aromatic rings. The molecule has 0 unspecified atom stereocenters. The van der Waals surface area contributed by atoms with Crippen LogP contribution in [0.25, 0.3) is 0 Å². The maximum absolute atomic E-state index is 13.2. The highest BCUT2D eigenvalue weighted by Crippen LogP contribution is 2.30. The van der Waals surface area contributed by atoms with Crippen molar-refractivity contribution in [2.45, 2.75) is 31.1 Å². The van der Waals surface area contributed by atoms with Crippen LogP contribution in [-0.2, 0) is 4.79 Å². The molecule has 4 rings (SSSR count). The fraction of sp³-hybridized carbons (Fsp3) is 0.391. The lowest BCUT2D eigenvalue weighted by Gasteiger charge is -2.24. The van der Waals surface area contributed by atoms with Gasteiger partial charge in [0.15, 0.2) is 0 Å². The summed E-state index contributed by atoms with van der Waals surface area (Å²) in [6.07, 6.45) is 4.38. The number of hydrogen-bond acceptors (Lipinski definition) is 3. The molecule has 1 atom stereocenters. The second kappa shape index (κ2) is 8.87. The molecule has 0 spiro atoms. The second-order valence-corrected chi connectivity index (χ2v) is 8.12. The number of rotatable bonds is 5. The molecule has 152 valence electrons. The molecule has 0 saturated carbocycles. The van der Waals surface area contributed by atoms with Gasteiger partial charge >= 0.3 is 0 Å². The molecule has 0 aliphatic carbocycles. The quantitative estimate of drug-likeness (QED) is 0.740. The van der Waals surface area contributed by atoms with Gasteiger partial charge in [-0.1, -0.05) is 30.3 Å². The van der Waals surface area contributed by atoms with Crippen LogP contribution in [0.5, 0.6) is 0 Å². The van der Waals surface area contributed by atoms with Crippen molar-refractivity contribution >= 4 is 34.8 Å². The molecule has 2 aliphatic rings. The summed E-state index contributed by atoms with van der Waals surface area (Å²) in [5.41, 5.74) is 2.97. The largest absolute Gasteiger partial charge is 0.371 e. The van der Waals surface area contributed by atoms with Crippen LogP contribution in [-0.4, -0.2) is 42.9 Å². The van der Waals surface area contributed by atoms with E-state index in [2.05, 4.69) is 10.2 Å². The Labute approximate surface area is 176 Å². The van der Waals surface area contributed by atoms with Gasteiger partial charge in [0.1, 0.15) is 5.38 Å². The summed E-state index contributed by atoms with van der Waals surface area (Å²) in [6.45, 7) is 3.52. The van der Waals surface area contributed by atoms with Crippen LogP contribution < -0.4 is 10.2 Å². The Bertz CT molecular complexity index is 875. The number of carbonyl (C=O) groups is 2. The van der Waals surface area contributed by atoms with Gasteiger partial charge in [-0.3, -0.25) is 9.59 Å². The first-order valence-corrected chi connectivity index (χ1v) is 10.8. The molecule has 2 fully saturated rings. The number of anilines is 2. The number of benzene rings is 2. The lowest BCUT2D eigenvalue weighted by molar-refractivity contribution is -0.116. The van der Waals surface area contributed by atoms with E-state index in [1.807, 2.05) is 47.4 Å². The van der Waals surface area contributed by atoms with Crippen molar-refractivity contribution in [3.63, 3.8) is 0 Å². The molecule has 2 amide bonds. The highest BCUT2D eigenvalue weighted by Gasteiger charge is 2.26. The lowest BCUT2D eigenvalue weighted by Crippen LogP contribution is -2.30. The predicted octanol–water partition coefficient (Wildman–Crippen LogP) is 4.44. The van der Waals surface area contributed by atoms with Crippen LogP contribution in [0.3, 0.4) is 0 Å². The fourth-order valence-corrected chi connectivity index (χ4v) is 4.29. The summed E-state index contributed by atoms with van der Waals surface area (Å²) in [5.74, 6) is -0.252. The molecule has 2 aliphatic heterocycles. The topological polar surface area (TPSA) is 52.7 Å². The first kappa shape index (κ1) is 19.8. The Kier molecular flexibility index (Phi) is 6.05. The molecular formula is C23H26ClN3O2. The van der Waals surface area contributed by atoms with Crippen molar-refractivity contribution in [3.8, 4) is 0 Å². The Hall–Kier alpha value is -2.53. The maximum atomic E-state index is 13.2. The third kappa shape index (κ3) is 4.40. The van der Waals surface area contributed by atoms with Crippen molar-refractivity contribution in [1.29, 1.82) is 0 Å². The summed E-state index contributed by atoms with van der Waals surface area (Å²) in [4.78, 5) is 30.0. The zero-order chi connectivity index (χ0) is 20.2. The Morgan fingerprint density at radius 3 is 2.24 bits per heavy atom. The molecule has 29 heavy (non-hydrogen) atoms. The van der Waals surface area contributed by atoms with Crippen LogP contribution in [0, 0.1) is 0 Å². The second-order valence-electron chi connectivity index (χ2n) is 7.69. The van der Waals surface area contributed by atoms with Crippen molar-refractivity contribution in [1.82, 2.24) is 4.90 Å². The summed E-state index contributed by atoms with van der Waals surface area (Å²) in [5, 5.41) is 2.10. The first-order valence-electron chi connectivity index (χ1n) is 10.3. The normalized spacial score (nSPS) is 17.4. The van der Waals surface area contributed by atoms with E-state index in [1.54, 1.807) is 6.07 Å². The van der Waals surface area contributed by atoms with Gasteiger partial charge in [-0.05, 0) is 49.4 Å². The van der Waals surface area contributed by atoms with Gasteiger partial charge in [0.05, 0.1) is 5.56 Å². The van der Waals surface area contributed by atoms with Crippen LogP contribution in [0.2, 0.25) is 0 Å². The predicted molar refractivity (Wildman–Crippen MR) is 117 cm³/mol. The minimum Gasteiger partial charge on any atom is -0.371 e. The van der Waals surface area contributed by atoms with Gasteiger partial charge in [-0.15, -0.1) is 11.6 Å². The van der Waals surface area contributed by atoms with E-state index in [-0.39, 0.29) is 11.8 Å². The number of carbonyl (C=O) groups excluding carboxylic acids is 2. The molecular weight excluding hydrogens is 386 g/mol. The van der Waals surface area contributed by atoms with Gasteiger partial charge in [0.25, 0.3) is 5.91 Å². The van der Waals surface area contributed by atoms with Crippen LogP contribution in [0.15, 0.2) is 48.5 Å². The van der Waals surface area contributed by atoms with E-state index in [0.717, 1.165) is 63.1 Å². The van der Waals surface area contributed by atoms with E-state index in [0.29, 0.717) is 11.3 Å². The summed E-state index contributed by atoms with van der Waals surface area (Å²) >= 11 is 6.35. The van der Waals surface area contributed by atoms with Crippen molar-refractivity contribution in [2.75, 3.05) is 36.4 Å². The minimum atomic E-state index is -0.785. The van der Waals surface area contributed by atoms with Crippen molar-refractivity contribution < 1.29 is 9.59 Å². The van der Waals surface area contributed by atoms with Gasteiger partial charge in [0.2, 0.25) is 5.91 Å². The van der Waals surface area contributed by atoms with E-state index < -0.39 is 5.38 Å². The highest BCUT2D eigenvalue weighted by atomic mass is 35.5. The third-order valence-electron chi connectivity index (χ3n) is 5.66. The SMILES string of the molecule is O=C(Nc1ccc(N2CCCC2)c(C(=O)N2CCCC2)c1)[C@@H](Cl)c1ccccc1. The zero-order valence-electron chi connectivity index (χ0n) is 16.4.